The maximum atomic E-state index is 11.5. The molecule has 1 aromatic carbocycles. The number of carboxylic acids is 1. The molecule has 328 valence electrons. The number of fused-ring (bicyclic) bond motifs is 3. The summed E-state index contributed by atoms with van der Waals surface area (Å²) in [5.74, 6) is 2.27. The van der Waals surface area contributed by atoms with Gasteiger partial charge < -0.3 is 24.6 Å². The van der Waals surface area contributed by atoms with Crippen LogP contribution in [0.2, 0.25) is 0 Å². The van der Waals surface area contributed by atoms with Gasteiger partial charge in [-0.15, -0.1) is 10.2 Å². The zero-order valence-corrected chi connectivity index (χ0v) is 40.9. The zero-order valence-electron chi connectivity index (χ0n) is 35.8. The molecule has 0 radical (unpaired) electrons. The van der Waals surface area contributed by atoms with Crippen molar-refractivity contribution in [2.45, 2.75) is 99.2 Å². The first-order valence-electron chi connectivity index (χ1n) is 21.1. The molecule has 2 aliphatic heterocycles. The molecule has 5 aromatic heterocycles. The second-order valence-electron chi connectivity index (χ2n) is 16.8. The molecule has 18 heteroatoms. The molecule has 4 saturated carbocycles. The Morgan fingerprint density at radius 2 is 1.44 bits per heavy atom. The van der Waals surface area contributed by atoms with Crippen molar-refractivity contribution in [3.63, 3.8) is 0 Å². The summed E-state index contributed by atoms with van der Waals surface area (Å²) in [4.78, 5) is 39.8. The van der Waals surface area contributed by atoms with E-state index in [1.165, 1.54) is 55.2 Å². The number of carboxylic acid groups (broad SMARTS) is 1. The van der Waals surface area contributed by atoms with Crippen molar-refractivity contribution >= 4 is 43.8 Å². The normalized spacial score (nSPS) is 18.2. The number of hydrogen-bond donors (Lipinski definition) is 1. The number of hydrogen-bond acceptors (Lipinski definition) is 13. The zero-order chi connectivity index (χ0) is 42.9. The molecule has 0 spiro atoms. The maximum Gasteiger partial charge on any atom is 1.00 e. The van der Waals surface area contributed by atoms with Gasteiger partial charge in [0.1, 0.15) is 12.2 Å². The largest absolute Gasteiger partial charge is 1.00 e. The molecule has 0 amide bonds. The van der Waals surface area contributed by atoms with E-state index in [0.29, 0.717) is 5.92 Å². The third-order valence-corrected chi connectivity index (χ3v) is 13.4. The summed E-state index contributed by atoms with van der Waals surface area (Å²) < 4.78 is 19.2. The van der Waals surface area contributed by atoms with E-state index in [-0.39, 0.29) is 46.4 Å². The number of aromatic nitrogens is 8. The van der Waals surface area contributed by atoms with Crippen LogP contribution in [-0.2, 0) is 48.1 Å². The maximum absolute atomic E-state index is 11.5. The van der Waals surface area contributed by atoms with Crippen molar-refractivity contribution in [1.82, 2.24) is 39.9 Å². The predicted octanol–water partition coefficient (Wildman–Crippen LogP) is 5.40. The van der Waals surface area contributed by atoms with E-state index >= 15 is 0 Å². The Labute approximate surface area is 409 Å². The first kappa shape index (κ1) is 47.7. The third-order valence-electron chi connectivity index (χ3n) is 12.6. The van der Waals surface area contributed by atoms with Gasteiger partial charge in [-0.2, -0.15) is 4.98 Å². The molecular formula is C46H47Br2N8NaO7. The number of nitrogens with zero attached hydrogens (tertiary/aromatic N) is 8. The molecule has 0 bridgehead atoms. The van der Waals surface area contributed by atoms with Gasteiger partial charge in [0.05, 0.1) is 29.0 Å². The van der Waals surface area contributed by atoms with Crippen LogP contribution in [0.3, 0.4) is 0 Å². The van der Waals surface area contributed by atoms with E-state index in [4.69, 9.17) is 24.1 Å². The number of methoxy groups -OCH3 is 1. The minimum absolute atomic E-state index is 0. The standard InChI is InChI=1S/C23H20N6O.C10H10BrNO2.C9H8BrNO2.C4H8O.Na.H2O/c1-2-14(1)21-26-22(30-28-21)23(7-8-23)18-10-17(11-24-12-18)15-3-5-19-16(9-15)4-6-20-27-25-13-29(19)20;1-14-9(13)10(2-3-10)7-4-8(11)6-12-5-7;10-7-3-6(4-11-5-7)9(1-2-9)8(12)13;1-2-4-5-3-1;;/h3,5,9-14H,1-2,4,6-8H2;4-6H,2-3H2,1H3;3-5H,1-2H2,(H,12,13);1-4H2;;1H2/q;;;;+1;/p-1. The second kappa shape index (κ2) is 20.1. The van der Waals surface area contributed by atoms with Crippen molar-refractivity contribution in [1.29, 1.82) is 0 Å². The molecule has 12 rings (SSSR count). The van der Waals surface area contributed by atoms with Crippen molar-refractivity contribution in [2.24, 2.45) is 0 Å². The molecule has 5 fully saturated rings. The van der Waals surface area contributed by atoms with E-state index in [1.54, 1.807) is 31.1 Å². The van der Waals surface area contributed by atoms with Gasteiger partial charge in [-0.3, -0.25) is 29.1 Å². The summed E-state index contributed by atoms with van der Waals surface area (Å²) in [5.41, 5.74) is 6.50. The second-order valence-corrected chi connectivity index (χ2v) is 18.6. The Morgan fingerprint density at radius 1 is 0.797 bits per heavy atom. The number of aryl methyl sites for hydroxylation is 2. The molecule has 2 N–H and O–H groups in total. The summed E-state index contributed by atoms with van der Waals surface area (Å²) >= 11 is 6.61. The Kier molecular flexibility index (Phi) is 15.0. The summed E-state index contributed by atoms with van der Waals surface area (Å²) in [7, 11) is 1.42. The van der Waals surface area contributed by atoms with Crippen LogP contribution >= 0.6 is 31.9 Å². The quantitative estimate of drug-likeness (QED) is 0.150. The van der Waals surface area contributed by atoms with Crippen LogP contribution in [0, 0.1) is 0 Å². The van der Waals surface area contributed by atoms with Crippen LogP contribution in [-0.4, -0.2) is 82.7 Å². The monoisotopic (exact) mass is 1000 g/mol. The summed E-state index contributed by atoms with van der Waals surface area (Å²) in [6.45, 7) is 2.00. The fraction of sp³-hybridized carbons (Fsp3) is 0.413. The summed E-state index contributed by atoms with van der Waals surface area (Å²) in [6, 6.07) is 12.6. The van der Waals surface area contributed by atoms with Crippen molar-refractivity contribution in [2.75, 3.05) is 20.3 Å². The number of carbonyl (C=O) groups is 2. The third kappa shape index (κ3) is 10.1. The molecular weight excluding hydrogens is 959 g/mol. The average Bonchev–Trinajstić information content (AvgIpc) is 4.23. The Hall–Kier alpha value is -4.23. The smallest absolute Gasteiger partial charge is 0.870 e. The van der Waals surface area contributed by atoms with Crippen LogP contribution in [0.4, 0.5) is 0 Å². The summed E-state index contributed by atoms with van der Waals surface area (Å²) in [5, 5.41) is 21.5. The minimum atomic E-state index is -0.743. The summed E-state index contributed by atoms with van der Waals surface area (Å²) in [6.07, 6.45) is 24.5. The van der Waals surface area contributed by atoms with Gasteiger partial charge >= 0.3 is 41.5 Å². The molecule has 6 aliphatic rings. The molecule has 0 atom stereocenters. The molecule has 0 unspecified atom stereocenters. The molecule has 7 heterocycles. The van der Waals surface area contributed by atoms with Gasteiger partial charge in [-0.1, -0.05) is 11.2 Å². The van der Waals surface area contributed by atoms with Crippen LogP contribution in [0.15, 0.2) is 93.4 Å². The molecule has 15 nitrogen and oxygen atoms in total. The number of carbonyl (C=O) groups excluding carboxylic acids is 1. The van der Waals surface area contributed by atoms with Crippen LogP contribution in [0.25, 0.3) is 16.8 Å². The Morgan fingerprint density at radius 3 is 2.00 bits per heavy atom. The fourth-order valence-corrected chi connectivity index (χ4v) is 8.89. The number of benzene rings is 1. The number of ether oxygens (including phenoxy) is 2. The van der Waals surface area contributed by atoms with E-state index in [9.17, 15) is 9.59 Å². The Balaban J connectivity index is 0.000000150. The van der Waals surface area contributed by atoms with Gasteiger partial charge in [0.15, 0.2) is 5.82 Å². The SMILES string of the molecule is C1CCOC1.COC(=O)C1(c2cncc(Br)c2)CC1.O=C(O)C1(c2cncc(Br)c2)CC1.[Na+].[OH-].c1cc2c(cc1-c1cncc(C3(c4nc(C5CC5)no4)CC3)c1)CCc1nncn1-2. The number of aliphatic carboxylic acids is 1. The van der Waals surface area contributed by atoms with Crippen LogP contribution < -0.4 is 29.6 Å². The van der Waals surface area contributed by atoms with E-state index in [2.05, 4.69) is 91.0 Å². The van der Waals surface area contributed by atoms with Crippen molar-refractivity contribution < 1.29 is 63.7 Å². The minimum Gasteiger partial charge on any atom is -0.870 e. The van der Waals surface area contributed by atoms with E-state index in [1.807, 2.05) is 24.5 Å². The van der Waals surface area contributed by atoms with Gasteiger partial charge in [0.25, 0.3) is 0 Å². The van der Waals surface area contributed by atoms with Crippen molar-refractivity contribution in [3.05, 3.63) is 129 Å². The molecule has 64 heavy (non-hydrogen) atoms. The first-order chi connectivity index (χ1) is 30.1. The average molecular weight is 1010 g/mol. The van der Waals surface area contributed by atoms with E-state index < -0.39 is 16.8 Å². The van der Waals surface area contributed by atoms with Crippen molar-refractivity contribution in [3.8, 4) is 16.8 Å². The Bertz CT molecular complexity index is 2600. The number of esters is 1. The van der Waals surface area contributed by atoms with Gasteiger partial charge in [-0.25, -0.2) is 0 Å². The van der Waals surface area contributed by atoms with Gasteiger partial charge in [-0.05, 0) is 161 Å². The van der Waals surface area contributed by atoms with E-state index in [0.717, 1.165) is 108 Å². The molecule has 1 saturated heterocycles. The first-order valence-corrected chi connectivity index (χ1v) is 22.7. The fourth-order valence-electron chi connectivity index (χ4n) is 8.16. The molecule has 4 aliphatic carbocycles. The van der Waals surface area contributed by atoms with Crippen LogP contribution in [0.5, 0.6) is 0 Å². The van der Waals surface area contributed by atoms with Gasteiger partial charge in [0, 0.05) is 77.2 Å². The number of rotatable bonds is 8. The van der Waals surface area contributed by atoms with Crippen LogP contribution in [0.1, 0.15) is 110 Å². The predicted molar refractivity (Wildman–Crippen MR) is 236 cm³/mol. The topological polar surface area (TPSA) is 211 Å². The van der Waals surface area contributed by atoms with Gasteiger partial charge in [0.2, 0.25) is 5.89 Å². The number of pyridine rings is 3. The number of halogens is 2. The molecule has 6 aromatic rings.